The molecule has 0 spiro atoms. The maximum absolute atomic E-state index is 12.5. The minimum absolute atomic E-state index is 0. The SMILES string of the molecule is CCNC(=NCC(=O)NC1CCCCC1)N1CCN(C(=O)C2CCCO2)CC1.I. The van der Waals surface area contributed by atoms with Gasteiger partial charge in [0.15, 0.2) is 5.96 Å². The molecule has 2 N–H and O–H groups in total. The van der Waals surface area contributed by atoms with Gasteiger partial charge >= 0.3 is 0 Å². The van der Waals surface area contributed by atoms with E-state index in [9.17, 15) is 9.59 Å². The molecule has 1 unspecified atom stereocenters. The molecular formula is C20H36IN5O3. The van der Waals surface area contributed by atoms with Gasteiger partial charge in [0.2, 0.25) is 5.91 Å². The van der Waals surface area contributed by atoms with Crippen LogP contribution in [-0.2, 0) is 14.3 Å². The second-order valence-corrected chi connectivity index (χ2v) is 7.89. The fourth-order valence-electron chi connectivity index (χ4n) is 4.21. The summed E-state index contributed by atoms with van der Waals surface area (Å²) in [5.74, 6) is 0.867. The molecule has 3 aliphatic rings. The summed E-state index contributed by atoms with van der Waals surface area (Å²) in [4.78, 5) is 33.3. The van der Waals surface area contributed by atoms with Gasteiger partial charge in [-0.3, -0.25) is 9.59 Å². The van der Waals surface area contributed by atoms with Crippen LogP contribution in [0.1, 0.15) is 51.9 Å². The highest BCUT2D eigenvalue weighted by molar-refractivity contribution is 14.0. The van der Waals surface area contributed by atoms with Crippen LogP contribution in [0.2, 0.25) is 0 Å². The summed E-state index contributed by atoms with van der Waals surface area (Å²) in [6.45, 7) is 6.37. The lowest BCUT2D eigenvalue weighted by Crippen LogP contribution is -2.55. The lowest BCUT2D eigenvalue weighted by Gasteiger charge is -2.37. The largest absolute Gasteiger partial charge is 0.368 e. The highest BCUT2D eigenvalue weighted by atomic mass is 127. The molecule has 2 saturated heterocycles. The van der Waals surface area contributed by atoms with Crippen LogP contribution in [-0.4, -0.2) is 85.6 Å². The van der Waals surface area contributed by atoms with Gasteiger partial charge in [-0.05, 0) is 32.6 Å². The van der Waals surface area contributed by atoms with E-state index in [1.807, 2.05) is 11.8 Å². The molecular weight excluding hydrogens is 485 g/mol. The van der Waals surface area contributed by atoms with Crippen molar-refractivity contribution in [1.29, 1.82) is 0 Å². The summed E-state index contributed by atoms with van der Waals surface area (Å²) < 4.78 is 5.52. The van der Waals surface area contributed by atoms with E-state index in [4.69, 9.17) is 4.74 Å². The number of nitrogens with one attached hydrogen (secondary N) is 2. The van der Waals surface area contributed by atoms with Crippen molar-refractivity contribution in [3.8, 4) is 0 Å². The third-order valence-electron chi connectivity index (χ3n) is 5.77. The van der Waals surface area contributed by atoms with Crippen molar-refractivity contribution < 1.29 is 14.3 Å². The van der Waals surface area contributed by atoms with Crippen LogP contribution in [0.4, 0.5) is 0 Å². The van der Waals surface area contributed by atoms with Crippen LogP contribution >= 0.6 is 24.0 Å². The molecule has 2 aliphatic heterocycles. The molecule has 3 rings (SSSR count). The van der Waals surface area contributed by atoms with E-state index in [2.05, 4.69) is 20.5 Å². The number of aliphatic imine (C=N–C) groups is 1. The van der Waals surface area contributed by atoms with E-state index in [-0.39, 0.29) is 48.4 Å². The summed E-state index contributed by atoms with van der Waals surface area (Å²) in [6.07, 6.45) is 7.38. The second kappa shape index (κ2) is 12.6. The summed E-state index contributed by atoms with van der Waals surface area (Å²) >= 11 is 0. The van der Waals surface area contributed by atoms with E-state index >= 15 is 0 Å². The van der Waals surface area contributed by atoms with Crippen LogP contribution in [0.5, 0.6) is 0 Å². The van der Waals surface area contributed by atoms with E-state index in [0.29, 0.717) is 38.8 Å². The van der Waals surface area contributed by atoms with Crippen LogP contribution in [0.25, 0.3) is 0 Å². The average Bonchev–Trinajstić information content (AvgIpc) is 3.26. The molecule has 0 bridgehead atoms. The number of hydrogen-bond acceptors (Lipinski definition) is 4. The Morgan fingerprint density at radius 1 is 1.00 bits per heavy atom. The van der Waals surface area contributed by atoms with Gasteiger partial charge in [-0.2, -0.15) is 0 Å². The monoisotopic (exact) mass is 521 g/mol. The van der Waals surface area contributed by atoms with Crippen molar-refractivity contribution in [3.63, 3.8) is 0 Å². The third-order valence-corrected chi connectivity index (χ3v) is 5.77. The van der Waals surface area contributed by atoms with Crippen LogP contribution < -0.4 is 10.6 Å². The number of carbonyl (C=O) groups is 2. The first-order valence-electron chi connectivity index (χ1n) is 10.9. The topological polar surface area (TPSA) is 86.3 Å². The number of hydrogen-bond donors (Lipinski definition) is 2. The number of ether oxygens (including phenoxy) is 1. The summed E-state index contributed by atoms with van der Waals surface area (Å²) in [5, 5.41) is 6.39. The van der Waals surface area contributed by atoms with E-state index in [1.165, 1.54) is 19.3 Å². The van der Waals surface area contributed by atoms with E-state index in [0.717, 1.165) is 38.2 Å². The first-order valence-corrected chi connectivity index (χ1v) is 10.9. The molecule has 0 radical (unpaired) electrons. The molecule has 0 aromatic carbocycles. The zero-order valence-corrected chi connectivity index (χ0v) is 19.9. The van der Waals surface area contributed by atoms with Crippen molar-refractivity contribution in [2.24, 2.45) is 4.99 Å². The van der Waals surface area contributed by atoms with Crippen LogP contribution in [0.15, 0.2) is 4.99 Å². The quantitative estimate of drug-likeness (QED) is 0.324. The zero-order valence-electron chi connectivity index (χ0n) is 17.5. The van der Waals surface area contributed by atoms with Gasteiger partial charge in [0, 0.05) is 45.4 Å². The number of guanidine groups is 1. The highest BCUT2D eigenvalue weighted by Gasteiger charge is 2.31. The van der Waals surface area contributed by atoms with Gasteiger partial charge < -0.3 is 25.2 Å². The summed E-state index contributed by atoms with van der Waals surface area (Å²) in [7, 11) is 0. The van der Waals surface area contributed by atoms with Gasteiger partial charge in [-0.15, -0.1) is 24.0 Å². The third kappa shape index (κ3) is 7.27. The fraction of sp³-hybridized carbons (Fsp3) is 0.850. The minimum Gasteiger partial charge on any atom is -0.368 e. The first kappa shape index (κ1) is 24.2. The van der Waals surface area contributed by atoms with Gasteiger partial charge in [0.05, 0.1) is 0 Å². The number of nitrogens with zero attached hydrogens (tertiary/aromatic N) is 3. The Hall–Kier alpha value is -1.10. The Labute approximate surface area is 191 Å². The Morgan fingerprint density at radius 2 is 1.69 bits per heavy atom. The Morgan fingerprint density at radius 3 is 2.31 bits per heavy atom. The molecule has 1 saturated carbocycles. The standard InChI is InChI=1S/C20H35N5O3.HI/c1-2-21-20(22-15-18(26)23-16-7-4-3-5-8-16)25-12-10-24(11-13-25)19(27)17-9-6-14-28-17;/h16-17H,2-15H2,1H3,(H,21,22)(H,23,26);1H. The first-order chi connectivity index (χ1) is 13.7. The smallest absolute Gasteiger partial charge is 0.251 e. The molecule has 2 heterocycles. The van der Waals surface area contributed by atoms with Crippen molar-refractivity contribution in [1.82, 2.24) is 20.4 Å². The Bertz CT molecular complexity index is 554. The zero-order chi connectivity index (χ0) is 19.8. The van der Waals surface area contributed by atoms with Crippen molar-refractivity contribution in [3.05, 3.63) is 0 Å². The number of amides is 2. The molecule has 1 atom stereocenters. The van der Waals surface area contributed by atoms with Crippen LogP contribution in [0, 0.1) is 0 Å². The van der Waals surface area contributed by atoms with Gasteiger partial charge in [-0.1, -0.05) is 19.3 Å². The van der Waals surface area contributed by atoms with Crippen molar-refractivity contribution in [2.75, 3.05) is 45.9 Å². The van der Waals surface area contributed by atoms with E-state index < -0.39 is 0 Å². The maximum atomic E-state index is 12.5. The lowest BCUT2D eigenvalue weighted by atomic mass is 9.95. The lowest BCUT2D eigenvalue weighted by molar-refractivity contribution is -0.142. The molecule has 1 aliphatic carbocycles. The Kier molecular flexibility index (Phi) is 10.5. The minimum atomic E-state index is -0.253. The number of carbonyl (C=O) groups excluding carboxylic acids is 2. The van der Waals surface area contributed by atoms with Gasteiger partial charge in [0.1, 0.15) is 12.6 Å². The predicted molar refractivity (Wildman–Crippen MR) is 124 cm³/mol. The fourth-order valence-corrected chi connectivity index (χ4v) is 4.21. The second-order valence-electron chi connectivity index (χ2n) is 7.89. The summed E-state index contributed by atoms with van der Waals surface area (Å²) in [5.41, 5.74) is 0. The van der Waals surface area contributed by atoms with Crippen molar-refractivity contribution in [2.45, 2.75) is 64.0 Å². The maximum Gasteiger partial charge on any atom is 0.251 e. The molecule has 29 heavy (non-hydrogen) atoms. The molecule has 3 fully saturated rings. The molecule has 0 aromatic rings. The molecule has 9 heteroatoms. The van der Waals surface area contributed by atoms with Gasteiger partial charge in [-0.25, -0.2) is 4.99 Å². The van der Waals surface area contributed by atoms with Crippen LogP contribution in [0.3, 0.4) is 0 Å². The molecule has 8 nitrogen and oxygen atoms in total. The average molecular weight is 521 g/mol. The Balaban J connectivity index is 0.00000300. The highest BCUT2D eigenvalue weighted by Crippen LogP contribution is 2.17. The molecule has 166 valence electrons. The number of piperazine rings is 1. The molecule has 0 aromatic heterocycles. The predicted octanol–water partition coefficient (Wildman–Crippen LogP) is 1.34. The normalized spacial score (nSPS) is 23.5. The van der Waals surface area contributed by atoms with E-state index in [1.54, 1.807) is 0 Å². The van der Waals surface area contributed by atoms with Gasteiger partial charge in [0.25, 0.3) is 5.91 Å². The molecule has 2 amide bonds. The summed E-state index contributed by atoms with van der Waals surface area (Å²) in [6, 6.07) is 0.311. The number of halogens is 1. The van der Waals surface area contributed by atoms with Crippen molar-refractivity contribution >= 4 is 41.8 Å². The number of rotatable bonds is 5.